The highest BCUT2D eigenvalue weighted by Gasteiger charge is 2.18. The molecule has 5 heteroatoms. The second kappa shape index (κ2) is 5.95. The number of hydrogen-bond donors (Lipinski definition) is 1. The lowest BCUT2D eigenvalue weighted by molar-refractivity contribution is 0.560. The molecule has 0 aliphatic rings. The van der Waals surface area contributed by atoms with Gasteiger partial charge >= 0.3 is 0 Å². The molecule has 0 radical (unpaired) electrons. The molecule has 0 aliphatic heterocycles. The molecule has 1 aromatic heterocycles. The molecule has 1 unspecified atom stereocenters. The van der Waals surface area contributed by atoms with Crippen LogP contribution >= 0.6 is 23.2 Å². The number of benzene rings is 1. The van der Waals surface area contributed by atoms with E-state index in [2.05, 4.69) is 12.0 Å². The molecule has 1 heterocycles. The third kappa shape index (κ3) is 3.11. The highest BCUT2D eigenvalue weighted by Crippen LogP contribution is 2.28. The summed E-state index contributed by atoms with van der Waals surface area (Å²) in [5.74, 6) is 0. The molecule has 19 heavy (non-hydrogen) atoms. The van der Waals surface area contributed by atoms with Gasteiger partial charge in [-0.2, -0.15) is 5.10 Å². The molecule has 2 N–H and O–H groups in total. The van der Waals surface area contributed by atoms with Gasteiger partial charge in [-0.05, 0) is 36.6 Å². The largest absolute Gasteiger partial charge is 0.319 e. The summed E-state index contributed by atoms with van der Waals surface area (Å²) < 4.78 is 1.86. The molecular formula is C14H17Cl2N3. The topological polar surface area (TPSA) is 43.8 Å². The number of rotatable bonds is 4. The number of aromatic nitrogens is 2. The Bertz CT molecular complexity index is 558. The smallest absolute Gasteiger partial charge is 0.0837 e. The van der Waals surface area contributed by atoms with Crippen molar-refractivity contribution in [2.75, 3.05) is 0 Å². The Morgan fingerprint density at radius 1 is 1.32 bits per heavy atom. The van der Waals surface area contributed by atoms with Gasteiger partial charge in [0.1, 0.15) is 0 Å². The van der Waals surface area contributed by atoms with E-state index >= 15 is 0 Å². The van der Waals surface area contributed by atoms with Gasteiger partial charge in [0.25, 0.3) is 0 Å². The standard InChI is InChI=1S/C14H17Cl2N3/c1-3-4-19-14(12(16)8-18-19)13(17)10-5-9(2)6-11(15)7-10/h5-8,13H,3-4,17H2,1-2H3. The van der Waals surface area contributed by atoms with Crippen LogP contribution in [0, 0.1) is 6.92 Å². The number of halogens is 2. The maximum absolute atomic E-state index is 6.33. The number of nitrogens with two attached hydrogens (primary N) is 1. The average molecular weight is 298 g/mol. The molecule has 0 aliphatic carbocycles. The number of aryl methyl sites for hydroxylation is 2. The van der Waals surface area contributed by atoms with Crippen LogP contribution in [0.15, 0.2) is 24.4 Å². The first-order valence-electron chi connectivity index (χ1n) is 6.26. The first kappa shape index (κ1) is 14.4. The molecule has 0 fully saturated rings. The monoisotopic (exact) mass is 297 g/mol. The third-order valence-corrected chi connectivity index (χ3v) is 3.50. The molecule has 0 amide bonds. The van der Waals surface area contributed by atoms with Gasteiger partial charge in [-0.15, -0.1) is 0 Å². The quantitative estimate of drug-likeness (QED) is 0.928. The lowest BCUT2D eigenvalue weighted by Crippen LogP contribution is -2.18. The Hall–Kier alpha value is -1.03. The van der Waals surface area contributed by atoms with Crippen LogP contribution in [0.5, 0.6) is 0 Å². The van der Waals surface area contributed by atoms with Crippen molar-refractivity contribution in [3.8, 4) is 0 Å². The van der Waals surface area contributed by atoms with Crippen molar-refractivity contribution in [1.29, 1.82) is 0 Å². The first-order valence-corrected chi connectivity index (χ1v) is 7.02. The van der Waals surface area contributed by atoms with E-state index in [9.17, 15) is 0 Å². The van der Waals surface area contributed by atoms with E-state index in [1.165, 1.54) is 0 Å². The van der Waals surface area contributed by atoms with Crippen LogP contribution in [0.2, 0.25) is 10.0 Å². The fourth-order valence-corrected chi connectivity index (χ4v) is 2.73. The van der Waals surface area contributed by atoms with Crippen molar-refractivity contribution in [2.24, 2.45) is 5.73 Å². The van der Waals surface area contributed by atoms with Gasteiger partial charge in [-0.25, -0.2) is 0 Å². The van der Waals surface area contributed by atoms with E-state index in [0.29, 0.717) is 10.0 Å². The third-order valence-electron chi connectivity index (χ3n) is 2.99. The maximum Gasteiger partial charge on any atom is 0.0837 e. The molecule has 1 atom stereocenters. The summed E-state index contributed by atoms with van der Waals surface area (Å²) in [7, 11) is 0. The minimum absolute atomic E-state index is 0.320. The summed E-state index contributed by atoms with van der Waals surface area (Å²) in [6.45, 7) is 4.89. The highest BCUT2D eigenvalue weighted by atomic mass is 35.5. The Balaban J connectivity index is 2.43. The van der Waals surface area contributed by atoms with E-state index in [1.54, 1.807) is 6.20 Å². The Kier molecular flexibility index (Phi) is 4.50. The zero-order chi connectivity index (χ0) is 14.0. The average Bonchev–Trinajstić information content (AvgIpc) is 2.69. The summed E-state index contributed by atoms with van der Waals surface area (Å²) in [6.07, 6.45) is 2.62. The van der Waals surface area contributed by atoms with Crippen LogP contribution in [0.3, 0.4) is 0 Å². The Morgan fingerprint density at radius 2 is 2.05 bits per heavy atom. The van der Waals surface area contributed by atoms with E-state index in [1.807, 2.05) is 29.8 Å². The lowest BCUT2D eigenvalue weighted by atomic mass is 10.0. The first-order chi connectivity index (χ1) is 9.02. The second-order valence-electron chi connectivity index (χ2n) is 4.64. The van der Waals surface area contributed by atoms with Gasteiger partial charge in [-0.1, -0.05) is 36.2 Å². The van der Waals surface area contributed by atoms with Crippen LogP contribution in [0.4, 0.5) is 0 Å². The van der Waals surface area contributed by atoms with Crippen molar-refractivity contribution in [1.82, 2.24) is 9.78 Å². The van der Waals surface area contributed by atoms with E-state index in [-0.39, 0.29) is 6.04 Å². The molecule has 0 saturated carbocycles. The van der Waals surface area contributed by atoms with Crippen molar-refractivity contribution in [2.45, 2.75) is 32.9 Å². The van der Waals surface area contributed by atoms with Gasteiger partial charge in [0.15, 0.2) is 0 Å². The fraction of sp³-hybridized carbons (Fsp3) is 0.357. The van der Waals surface area contributed by atoms with Crippen LogP contribution < -0.4 is 5.73 Å². The molecule has 102 valence electrons. The van der Waals surface area contributed by atoms with Gasteiger partial charge in [0.05, 0.1) is 23.0 Å². The van der Waals surface area contributed by atoms with Gasteiger partial charge in [-0.3, -0.25) is 4.68 Å². The van der Waals surface area contributed by atoms with Crippen molar-refractivity contribution >= 4 is 23.2 Å². The summed E-state index contributed by atoms with van der Waals surface area (Å²) in [6, 6.07) is 5.48. The summed E-state index contributed by atoms with van der Waals surface area (Å²) in [5.41, 5.74) is 9.19. The van der Waals surface area contributed by atoms with Crippen LogP contribution in [-0.2, 0) is 6.54 Å². The lowest BCUT2D eigenvalue weighted by Gasteiger charge is -2.16. The summed E-state index contributed by atoms with van der Waals surface area (Å²) in [4.78, 5) is 0. The van der Waals surface area contributed by atoms with Crippen LogP contribution in [0.1, 0.15) is 36.2 Å². The molecule has 1 aromatic carbocycles. The van der Waals surface area contributed by atoms with Gasteiger partial charge in [0, 0.05) is 11.6 Å². The van der Waals surface area contributed by atoms with E-state index < -0.39 is 0 Å². The molecule has 2 aromatic rings. The summed E-state index contributed by atoms with van der Waals surface area (Å²) >= 11 is 12.3. The maximum atomic E-state index is 6.33. The van der Waals surface area contributed by atoms with E-state index in [0.717, 1.165) is 29.8 Å². The number of hydrogen-bond acceptors (Lipinski definition) is 2. The fourth-order valence-electron chi connectivity index (χ4n) is 2.17. The Morgan fingerprint density at radius 3 is 2.68 bits per heavy atom. The molecule has 0 spiro atoms. The normalized spacial score (nSPS) is 12.7. The molecule has 3 nitrogen and oxygen atoms in total. The predicted octanol–water partition coefficient (Wildman–Crippen LogP) is 3.96. The minimum atomic E-state index is -0.320. The molecule has 0 bridgehead atoms. The molecular weight excluding hydrogens is 281 g/mol. The van der Waals surface area contributed by atoms with Crippen molar-refractivity contribution in [3.63, 3.8) is 0 Å². The zero-order valence-electron chi connectivity index (χ0n) is 11.0. The Labute approximate surface area is 123 Å². The second-order valence-corrected chi connectivity index (χ2v) is 5.48. The van der Waals surface area contributed by atoms with Crippen molar-refractivity contribution in [3.05, 3.63) is 51.3 Å². The van der Waals surface area contributed by atoms with Gasteiger partial charge in [0.2, 0.25) is 0 Å². The van der Waals surface area contributed by atoms with Crippen LogP contribution in [0.25, 0.3) is 0 Å². The number of nitrogens with zero attached hydrogens (tertiary/aromatic N) is 2. The van der Waals surface area contributed by atoms with Crippen molar-refractivity contribution < 1.29 is 0 Å². The minimum Gasteiger partial charge on any atom is -0.319 e. The summed E-state index contributed by atoms with van der Waals surface area (Å²) in [5, 5.41) is 5.55. The molecule has 2 rings (SSSR count). The molecule has 0 saturated heterocycles. The van der Waals surface area contributed by atoms with Gasteiger partial charge < -0.3 is 5.73 Å². The SMILES string of the molecule is CCCn1ncc(Cl)c1C(N)c1cc(C)cc(Cl)c1. The predicted molar refractivity (Wildman–Crippen MR) is 79.7 cm³/mol. The van der Waals surface area contributed by atoms with E-state index in [4.69, 9.17) is 28.9 Å². The zero-order valence-corrected chi connectivity index (χ0v) is 12.5. The van der Waals surface area contributed by atoms with Crippen LogP contribution in [-0.4, -0.2) is 9.78 Å². The highest BCUT2D eigenvalue weighted by molar-refractivity contribution is 6.31.